The Bertz CT molecular complexity index is 567. The van der Waals surface area contributed by atoms with E-state index in [0.717, 1.165) is 17.8 Å². The van der Waals surface area contributed by atoms with Gasteiger partial charge in [0.15, 0.2) is 0 Å². The van der Waals surface area contributed by atoms with Crippen LogP contribution in [-0.4, -0.2) is 21.0 Å². The molecule has 0 amide bonds. The summed E-state index contributed by atoms with van der Waals surface area (Å²) in [5.41, 5.74) is 0.0808. The Morgan fingerprint density at radius 2 is 2.00 bits per heavy atom. The van der Waals surface area contributed by atoms with E-state index in [0.29, 0.717) is 11.5 Å². The molecule has 0 spiro atoms. The SMILES string of the molecule is Cc1sc(C(=O)OCCC(C)(C)C)cc1S(N)(=O)=O. The summed E-state index contributed by atoms with van der Waals surface area (Å²) >= 11 is 1.07. The van der Waals surface area contributed by atoms with E-state index in [-0.39, 0.29) is 15.2 Å². The van der Waals surface area contributed by atoms with Crippen LogP contribution in [0, 0.1) is 12.3 Å². The Kier molecular flexibility index (Phi) is 4.76. The van der Waals surface area contributed by atoms with E-state index in [4.69, 9.17) is 9.88 Å². The van der Waals surface area contributed by atoms with Gasteiger partial charge < -0.3 is 4.74 Å². The first-order valence-electron chi connectivity index (χ1n) is 5.81. The Hall–Kier alpha value is -0.920. The zero-order valence-electron chi connectivity index (χ0n) is 11.5. The van der Waals surface area contributed by atoms with Crippen LogP contribution in [-0.2, 0) is 14.8 Å². The number of esters is 1. The largest absolute Gasteiger partial charge is 0.461 e. The number of hydrogen-bond donors (Lipinski definition) is 1. The molecular formula is C12H19NO4S2. The van der Waals surface area contributed by atoms with Gasteiger partial charge >= 0.3 is 5.97 Å². The normalized spacial score (nSPS) is 12.5. The van der Waals surface area contributed by atoms with Crippen molar-refractivity contribution in [3.05, 3.63) is 15.8 Å². The fourth-order valence-electron chi connectivity index (χ4n) is 1.37. The first-order chi connectivity index (χ1) is 8.50. The molecule has 0 aliphatic heterocycles. The fourth-order valence-corrected chi connectivity index (χ4v) is 3.41. The number of carbonyl (C=O) groups excluding carboxylic acids is 1. The van der Waals surface area contributed by atoms with Crippen molar-refractivity contribution < 1.29 is 17.9 Å². The summed E-state index contributed by atoms with van der Waals surface area (Å²) < 4.78 is 27.7. The Balaban J connectivity index is 2.74. The molecule has 1 aromatic rings. The van der Waals surface area contributed by atoms with Gasteiger partial charge in [-0.1, -0.05) is 20.8 Å². The van der Waals surface area contributed by atoms with Crippen molar-refractivity contribution in [2.24, 2.45) is 10.6 Å². The van der Waals surface area contributed by atoms with Crippen molar-refractivity contribution in [2.75, 3.05) is 6.61 Å². The first kappa shape index (κ1) is 16.1. The minimum absolute atomic E-state index is 0.0136. The van der Waals surface area contributed by atoms with Gasteiger partial charge in [0.1, 0.15) is 4.88 Å². The maximum atomic E-state index is 11.8. The summed E-state index contributed by atoms with van der Waals surface area (Å²) in [6.07, 6.45) is 0.741. The summed E-state index contributed by atoms with van der Waals surface area (Å²) in [4.78, 5) is 12.5. The van der Waals surface area contributed by atoms with Crippen LogP contribution < -0.4 is 5.14 Å². The zero-order valence-corrected chi connectivity index (χ0v) is 13.2. The molecule has 0 saturated heterocycles. The maximum absolute atomic E-state index is 11.8. The van der Waals surface area contributed by atoms with Crippen LogP contribution >= 0.6 is 11.3 Å². The van der Waals surface area contributed by atoms with Crippen LogP contribution in [0.3, 0.4) is 0 Å². The third kappa shape index (κ3) is 4.93. The number of thiophene rings is 1. The molecule has 0 atom stereocenters. The molecule has 1 heterocycles. The van der Waals surface area contributed by atoms with Crippen LogP contribution in [0.25, 0.3) is 0 Å². The predicted octanol–water partition coefficient (Wildman–Crippen LogP) is 2.30. The third-order valence-corrected chi connectivity index (χ3v) is 4.66. The average Bonchev–Trinajstić information content (AvgIpc) is 2.57. The minimum Gasteiger partial charge on any atom is -0.461 e. The topological polar surface area (TPSA) is 86.5 Å². The summed E-state index contributed by atoms with van der Waals surface area (Å²) in [5, 5.41) is 5.06. The minimum atomic E-state index is -3.79. The van der Waals surface area contributed by atoms with E-state index in [2.05, 4.69) is 20.8 Å². The lowest BCUT2D eigenvalue weighted by molar-refractivity contribution is 0.0470. The van der Waals surface area contributed by atoms with Crippen molar-refractivity contribution in [3.8, 4) is 0 Å². The number of hydrogen-bond acceptors (Lipinski definition) is 5. The molecule has 1 rings (SSSR count). The predicted molar refractivity (Wildman–Crippen MR) is 74.8 cm³/mol. The van der Waals surface area contributed by atoms with Gasteiger partial charge in [0.05, 0.1) is 11.5 Å². The number of ether oxygens (including phenoxy) is 1. The molecule has 7 heteroatoms. The molecule has 0 bridgehead atoms. The molecule has 0 radical (unpaired) electrons. The smallest absolute Gasteiger partial charge is 0.348 e. The highest BCUT2D eigenvalue weighted by molar-refractivity contribution is 7.89. The van der Waals surface area contributed by atoms with E-state index >= 15 is 0 Å². The number of rotatable bonds is 4. The van der Waals surface area contributed by atoms with Crippen molar-refractivity contribution in [2.45, 2.75) is 39.0 Å². The van der Waals surface area contributed by atoms with Gasteiger partial charge in [-0.25, -0.2) is 18.4 Å². The molecule has 2 N–H and O–H groups in total. The van der Waals surface area contributed by atoms with E-state index in [1.807, 2.05) is 0 Å². The molecule has 0 aliphatic rings. The number of sulfonamides is 1. The molecule has 5 nitrogen and oxygen atoms in total. The quantitative estimate of drug-likeness (QED) is 0.865. The number of primary sulfonamides is 1. The standard InChI is InChI=1S/C12H19NO4S2/c1-8-10(19(13,15)16)7-9(18-8)11(14)17-6-5-12(2,3)4/h7H,5-6H2,1-4H3,(H2,13,15,16). The van der Waals surface area contributed by atoms with Gasteiger partial charge in [-0.15, -0.1) is 11.3 Å². The number of aryl methyl sites for hydroxylation is 1. The summed E-state index contributed by atoms with van der Waals surface area (Å²) in [5.74, 6) is -0.507. The van der Waals surface area contributed by atoms with Gasteiger partial charge in [-0.05, 0) is 24.8 Å². The Morgan fingerprint density at radius 1 is 1.42 bits per heavy atom. The van der Waals surface area contributed by atoms with Crippen molar-refractivity contribution >= 4 is 27.3 Å². The lowest BCUT2D eigenvalue weighted by atomic mass is 9.93. The van der Waals surface area contributed by atoms with Crippen molar-refractivity contribution in [1.29, 1.82) is 0 Å². The van der Waals surface area contributed by atoms with Gasteiger partial charge in [0.25, 0.3) is 0 Å². The molecule has 1 aromatic heterocycles. The molecular weight excluding hydrogens is 286 g/mol. The second-order valence-corrected chi connectivity index (χ2v) is 8.31. The van der Waals surface area contributed by atoms with E-state index < -0.39 is 16.0 Å². The molecule has 0 fully saturated rings. The van der Waals surface area contributed by atoms with Gasteiger partial charge in [-0.2, -0.15) is 0 Å². The van der Waals surface area contributed by atoms with Crippen LogP contribution in [0.4, 0.5) is 0 Å². The molecule has 108 valence electrons. The third-order valence-electron chi connectivity index (χ3n) is 2.47. The second kappa shape index (κ2) is 5.60. The Labute approximate surface area is 117 Å². The van der Waals surface area contributed by atoms with Crippen molar-refractivity contribution in [1.82, 2.24) is 0 Å². The highest BCUT2D eigenvalue weighted by atomic mass is 32.2. The van der Waals surface area contributed by atoms with Gasteiger partial charge in [-0.3, -0.25) is 0 Å². The summed E-state index contributed by atoms with van der Waals surface area (Å²) in [6.45, 7) is 8.07. The molecule has 0 aliphatic carbocycles. The maximum Gasteiger partial charge on any atom is 0.348 e. The molecule has 0 saturated carbocycles. The first-order valence-corrected chi connectivity index (χ1v) is 8.17. The van der Waals surface area contributed by atoms with E-state index in [1.165, 1.54) is 6.07 Å². The number of carbonyl (C=O) groups is 1. The van der Waals surface area contributed by atoms with Gasteiger partial charge in [0, 0.05) is 4.88 Å². The molecule has 19 heavy (non-hydrogen) atoms. The zero-order chi connectivity index (χ0) is 14.8. The highest BCUT2D eigenvalue weighted by Crippen LogP contribution is 2.26. The highest BCUT2D eigenvalue weighted by Gasteiger charge is 2.20. The van der Waals surface area contributed by atoms with Crippen LogP contribution in [0.1, 0.15) is 41.7 Å². The van der Waals surface area contributed by atoms with Crippen LogP contribution in [0.2, 0.25) is 0 Å². The van der Waals surface area contributed by atoms with Crippen LogP contribution in [0.15, 0.2) is 11.0 Å². The monoisotopic (exact) mass is 305 g/mol. The molecule has 0 aromatic carbocycles. The number of nitrogens with two attached hydrogens (primary N) is 1. The van der Waals surface area contributed by atoms with Crippen LogP contribution in [0.5, 0.6) is 0 Å². The lowest BCUT2D eigenvalue weighted by Crippen LogP contribution is -2.13. The molecule has 0 unspecified atom stereocenters. The van der Waals surface area contributed by atoms with E-state index in [9.17, 15) is 13.2 Å². The fraction of sp³-hybridized carbons (Fsp3) is 0.583. The second-order valence-electron chi connectivity index (χ2n) is 5.52. The summed E-state index contributed by atoms with van der Waals surface area (Å²) in [7, 11) is -3.79. The van der Waals surface area contributed by atoms with E-state index in [1.54, 1.807) is 6.92 Å². The van der Waals surface area contributed by atoms with Crippen molar-refractivity contribution in [3.63, 3.8) is 0 Å². The average molecular weight is 305 g/mol. The van der Waals surface area contributed by atoms with Gasteiger partial charge in [0.2, 0.25) is 10.0 Å². The summed E-state index contributed by atoms with van der Waals surface area (Å²) in [6, 6.07) is 1.27. The lowest BCUT2D eigenvalue weighted by Gasteiger charge is -2.17. The Morgan fingerprint density at radius 3 is 2.42 bits per heavy atom.